The lowest BCUT2D eigenvalue weighted by molar-refractivity contribution is 0.0675. The highest BCUT2D eigenvalue weighted by Crippen LogP contribution is 2.14. The van der Waals surface area contributed by atoms with E-state index in [0.29, 0.717) is 24.6 Å². The lowest BCUT2D eigenvalue weighted by atomic mass is 10.2. The number of nitrogens with zero attached hydrogens (tertiary/aromatic N) is 3. The van der Waals surface area contributed by atoms with E-state index < -0.39 is 0 Å². The van der Waals surface area contributed by atoms with Crippen LogP contribution in [0.15, 0.2) is 4.42 Å². The molecular weight excluding hydrogens is 218 g/mol. The van der Waals surface area contributed by atoms with Gasteiger partial charge >= 0.3 is 0 Å². The first-order valence-corrected chi connectivity index (χ1v) is 5.59. The van der Waals surface area contributed by atoms with Gasteiger partial charge in [0, 0.05) is 19.5 Å². The number of carbonyl (C=O) groups excluding carboxylic acids is 1. The molecule has 0 aliphatic rings. The smallest absolute Gasteiger partial charge is 0.291 e. The minimum atomic E-state index is -0.201. The Morgan fingerprint density at radius 3 is 2.59 bits per heavy atom. The van der Waals surface area contributed by atoms with Gasteiger partial charge in [-0.2, -0.15) is 5.26 Å². The van der Waals surface area contributed by atoms with Crippen molar-refractivity contribution in [1.29, 1.82) is 5.26 Å². The van der Waals surface area contributed by atoms with Crippen molar-refractivity contribution in [3.05, 3.63) is 17.3 Å². The molecule has 0 fully saturated rings. The van der Waals surface area contributed by atoms with Crippen LogP contribution in [0.2, 0.25) is 0 Å². The van der Waals surface area contributed by atoms with Gasteiger partial charge in [0.1, 0.15) is 0 Å². The van der Waals surface area contributed by atoms with Crippen molar-refractivity contribution < 1.29 is 9.21 Å². The maximum Gasteiger partial charge on any atom is 0.291 e. The highest BCUT2D eigenvalue weighted by molar-refractivity contribution is 5.92. The number of hydrogen-bond acceptors (Lipinski definition) is 4. The van der Waals surface area contributed by atoms with Crippen molar-refractivity contribution >= 4 is 5.91 Å². The van der Waals surface area contributed by atoms with Gasteiger partial charge in [0.15, 0.2) is 5.89 Å². The summed E-state index contributed by atoms with van der Waals surface area (Å²) in [4.78, 5) is 17.9. The van der Waals surface area contributed by atoms with Crippen molar-refractivity contribution in [2.24, 2.45) is 0 Å². The number of nitriles is 1. The average Bonchev–Trinajstić information content (AvgIpc) is 2.57. The molecule has 0 aliphatic carbocycles. The van der Waals surface area contributed by atoms with E-state index in [2.05, 4.69) is 4.98 Å². The molecule has 0 N–H and O–H groups in total. The van der Waals surface area contributed by atoms with E-state index in [0.717, 1.165) is 0 Å². The summed E-state index contributed by atoms with van der Waals surface area (Å²) in [6.45, 7) is 7.68. The predicted molar refractivity (Wildman–Crippen MR) is 62.4 cm³/mol. The summed E-state index contributed by atoms with van der Waals surface area (Å²) >= 11 is 0. The Labute approximate surface area is 101 Å². The highest BCUT2D eigenvalue weighted by Gasteiger charge is 2.24. The van der Waals surface area contributed by atoms with Gasteiger partial charge in [-0.3, -0.25) is 4.79 Å². The molecule has 0 spiro atoms. The molecule has 5 nitrogen and oxygen atoms in total. The van der Waals surface area contributed by atoms with Gasteiger partial charge < -0.3 is 9.32 Å². The van der Waals surface area contributed by atoms with Gasteiger partial charge in [0.2, 0.25) is 5.76 Å². The van der Waals surface area contributed by atoms with E-state index in [9.17, 15) is 4.79 Å². The van der Waals surface area contributed by atoms with Gasteiger partial charge in [-0.05, 0) is 20.8 Å². The van der Waals surface area contributed by atoms with Crippen molar-refractivity contribution in [3.63, 3.8) is 0 Å². The maximum absolute atomic E-state index is 12.2. The van der Waals surface area contributed by atoms with E-state index >= 15 is 0 Å². The number of amides is 1. The maximum atomic E-state index is 12.2. The molecule has 1 heterocycles. The van der Waals surface area contributed by atoms with Crippen LogP contribution in [0.3, 0.4) is 0 Å². The monoisotopic (exact) mass is 235 g/mol. The van der Waals surface area contributed by atoms with E-state index in [-0.39, 0.29) is 17.7 Å². The third-order valence-electron chi connectivity index (χ3n) is 2.45. The molecule has 1 aromatic rings. The van der Waals surface area contributed by atoms with E-state index in [1.807, 2.05) is 19.9 Å². The standard InChI is InChI=1S/C12H17N3O2/c1-8(2)15(7-5-6-13)12(16)11-9(3)14-10(4)17-11/h8H,5,7H2,1-4H3. The van der Waals surface area contributed by atoms with Crippen molar-refractivity contribution in [1.82, 2.24) is 9.88 Å². The summed E-state index contributed by atoms with van der Waals surface area (Å²) in [5.74, 6) is 0.553. The second-order valence-corrected chi connectivity index (χ2v) is 4.15. The van der Waals surface area contributed by atoms with Gasteiger partial charge in [0.25, 0.3) is 5.91 Å². The number of aryl methyl sites for hydroxylation is 2. The third kappa shape index (κ3) is 3.06. The lowest BCUT2D eigenvalue weighted by Gasteiger charge is -2.24. The number of aromatic nitrogens is 1. The molecule has 0 unspecified atom stereocenters. The van der Waals surface area contributed by atoms with E-state index in [1.54, 1.807) is 18.7 Å². The predicted octanol–water partition coefficient (Wildman–Crippen LogP) is 2.06. The van der Waals surface area contributed by atoms with Crippen LogP contribution in [0.25, 0.3) is 0 Å². The molecule has 0 radical (unpaired) electrons. The summed E-state index contributed by atoms with van der Waals surface area (Å²) < 4.78 is 5.30. The Kier molecular flexibility index (Phi) is 4.27. The molecule has 0 aliphatic heterocycles. The van der Waals surface area contributed by atoms with Crippen molar-refractivity contribution in [2.45, 2.75) is 40.2 Å². The number of hydrogen-bond donors (Lipinski definition) is 0. The van der Waals surface area contributed by atoms with Gasteiger partial charge in [0.05, 0.1) is 18.2 Å². The summed E-state index contributed by atoms with van der Waals surface area (Å²) in [6, 6.07) is 2.07. The largest absolute Gasteiger partial charge is 0.436 e. The Morgan fingerprint density at radius 1 is 1.53 bits per heavy atom. The quantitative estimate of drug-likeness (QED) is 0.800. The van der Waals surface area contributed by atoms with Crippen molar-refractivity contribution in [3.8, 4) is 6.07 Å². The van der Waals surface area contributed by atoms with Crippen molar-refractivity contribution in [2.75, 3.05) is 6.54 Å². The summed E-state index contributed by atoms with van der Waals surface area (Å²) in [6.07, 6.45) is 0.316. The SMILES string of the molecule is Cc1nc(C)c(C(=O)N(CCC#N)C(C)C)o1. The van der Waals surface area contributed by atoms with Crippen LogP contribution in [-0.4, -0.2) is 28.4 Å². The fourth-order valence-corrected chi connectivity index (χ4v) is 1.62. The second kappa shape index (κ2) is 5.48. The van der Waals surface area contributed by atoms with E-state index in [1.165, 1.54) is 0 Å². The van der Waals surface area contributed by atoms with Crippen LogP contribution in [0.5, 0.6) is 0 Å². The molecule has 0 aromatic carbocycles. The molecule has 92 valence electrons. The number of carbonyl (C=O) groups is 1. The van der Waals surface area contributed by atoms with Crippen LogP contribution < -0.4 is 0 Å². The fraction of sp³-hybridized carbons (Fsp3) is 0.583. The first-order chi connectivity index (χ1) is 7.97. The normalized spacial score (nSPS) is 10.4. The fourth-order valence-electron chi connectivity index (χ4n) is 1.62. The number of rotatable bonds is 4. The Hall–Kier alpha value is -1.83. The van der Waals surface area contributed by atoms with E-state index in [4.69, 9.17) is 9.68 Å². The lowest BCUT2D eigenvalue weighted by Crippen LogP contribution is -2.37. The van der Waals surface area contributed by atoms with Crippen LogP contribution in [0.1, 0.15) is 42.4 Å². The van der Waals surface area contributed by atoms with Crippen LogP contribution in [0.4, 0.5) is 0 Å². The topological polar surface area (TPSA) is 70.1 Å². The molecule has 0 bridgehead atoms. The van der Waals surface area contributed by atoms with Gasteiger partial charge in [-0.15, -0.1) is 0 Å². The molecule has 0 saturated heterocycles. The summed E-state index contributed by atoms with van der Waals surface area (Å²) in [7, 11) is 0. The summed E-state index contributed by atoms with van der Waals surface area (Å²) in [5, 5.41) is 8.58. The second-order valence-electron chi connectivity index (χ2n) is 4.15. The molecule has 17 heavy (non-hydrogen) atoms. The Bertz CT molecular complexity index is 443. The summed E-state index contributed by atoms with van der Waals surface area (Å²) in [5.41, 5.74) is 0.593. The van der Waals surface area contributed by atoms with Gasteiger partial charge in [-0.1, -0.05) is 0 Å². The molecule has 0 atom stereocenters. The first-order valence-electron chi connectivity index (χ1n) is 5.59. The first kappa shape index (κ1) is 13.2. The Balaban J connectivity index is 2.92. The van der Waals surface area contributed by atoms with Crippen LogP contribution in [0, 0.1) is 25.2 Å². The highest BCUT2D eigenvalue weighted by atomic mass is 16.4. The molecular formula is C12H17N3O2. The number of oxazole rings is 1. The zero-order chi connectivity index (χ0) is 13.0. The minimum Gasteiger partial charge on any atom is -0.436 e. The third-order valence-corrected chi connectivity index (χ3v) is 2.45. The molecule has 1 rings (SSSR count). The molecule has 0 saturated carbocycles. The van der Waals surface area contributed by atoms with Crippen LogP contribution in [-0.2, 0) is 0 Å². The Morgan fingerprint density at radius 2 is 2.18 bits per heavy atom. The zero-order valence-corrected chi connectivity index (χ0v) is 10.6. The molecule has 1 amide bonds. The molecule has 1 aromatic heterocycles. The zero-order valence-electron chi connectivity index (χ0n) is 10.6. The van der Waals surface area contributed by atoms with Crippen LogP contribution >= 0.6 is 0 Å². The van der Waals surface area contributed by atoms with Gasteiger partial charge in [-0.25, -0.2) is 4.98 Å². The average molecular weight is 235 g/mol. The minimum absolute atomic E-state index is 0.0284. The molecule has 5 heteroatoms.